The number of methoxy groups -OCH3 is 1. The van der Waals surface area contributed by atoms with Gasteiger partial charge in [-0.15, -0.1) is 0 Å². The van der Waals surface area contributed by atoms with E-state index < -0.39 is 11.6 Å². The van der Waals surface area contributed by atoms with E-state index in [9.17, 15) is 8.78 Å². The zero-order valence-electron chi connectivity index (χ0n) is 9.52. The number of hydrogen-bond donors (Lipinski definition) is 0. The normalized spacial score (nSPS) is 10.6. The lowest BCUT2D eigenvalue weighted by Gasteiger charge is -2.01. The molecule has 0 spiro atoms. The first-order chi connectivity index (χ1) is 8.69. The minimum absolute atomic E-state index is 0.0779. The van der Waals surface area contributed by atoms with Crippen LogP contribution in [0.3, 0.4) is 0 Å². The van der Waals surface area contributed by atoms with Gasteiger partial charge in [-0.25, -0.2) is 8.78 Å². The molecule has 7 heteroatoms. The fourth-order valence-corrected chi connectivity index (χ4v) is 1.82. The summed E-state index contributed by atoms with van der Waals surface area (Å²) in [7, 11) is 1.58. The molecule has 0 atom stereocenters. The first-order valence-electron chi connectivity index (χ1n) is 5.13. The smallest absolute Gasteiger partial charge is 0.298 e. The van der Waals surface area contributed by atoms with Gasteiger partial charge in [0.1, 0.15) is 11.6 Å². The molecule has 4 nitrogen and oxygen atoms in total. The third kappa shape index (κ3) is 3.21. The van der Waals surface area contributed by atoms with Gasteiger partial charge in [-0.05, 0) is 12.1 Å². The highest BCUT2D eigenvalue weighted by Gasteiger charge is 2.10. The number of benzene rings is 1. The van der Waals surface area contributed by atoms with E-state index in [1.807, 2.05) is 0 Å². The maximum atomic E-state index is 13.3. The van der Waals surface area contributed by atoms with Crippen LogP contribution in [0.25, 0.3) is 0 Å². The molecule has 0 aliphatic rings. The molecule has 18 heavy (non-hydrogen) atoms. The van der Waals surface area contributed by atoms with Crippen LogP contribution < -0.4 is 4.74 Å². The summed E-state index contributed by atoms with van der Waals surface area (Å²) < 4.78 is 40.1. The van der Waals surface area contributed by atoms with Crippen LogP contribution in [0.1, 0.15) is 5.82 Å². The molecule has 2 rings (SSSR count). The second kappa shape index (κ2) is 5.83. The van der Waals surface area contributed by atoms with Crippen molar-refractivity contribution in [1.29, 1.82) is 0 Å². The van der Waals surface area contributed by atoms with E-state index in [0.29, 0.717) is 18.9 Å². The molecule has 0 amide bonds. The Labute approximate surface area is 106 Å². The average Bonchev–Trinajstić information content (AvgIpc) is 2.78. The summed E-state index contributed by atoms with van der Waals surface area (Å²) in [6.45, 7) is 0.501. The van der Waals surface area contributed by atoms with Gasteiger partial charge < -0.3 is 9.47 Å². The van der Waals surface area contributed by atoms with E-state index in [0.717, 1.165) is 23.7 Å². The molecule has 96 valence electrons. The summed E-state index contributed by atoms with van der Waals surface area (Å²) in [6, 6.07) is 3.08. The Morgan fingerprint density at radius 2 is 2.17 bits per heavy atom. The van der Waals surface area contributed by atoms with Gasteiger partial charge in [0, 0.05) is 31.1 Å². The standard InChI is InChI=1S/C11H10F2N2O2S/c1-16-5-4-10-14-11(18-15-10)17-9-3-2-7(12)6-8(9)13/h2-3,6H,4-5H2,1H3. The van der Waals surface area contributed by atoms with Gasteiger partial charge in [0.05, 0.1) is 6.61 Å². The highest BCUT2D eigenvalue weighted by atomic mass is 32.1. The number of ether oxygens (including phenoxy) is 2. The SMILES string of the molecule is COCCc1nsc(Oc2ccc(F)cc2F)n1. The minimum atomic E-state index is -0.774. The minimum Gasteiger partial charge on any atom is -0.427 e. The summed E-state index contributed by atoms with van der Waals surface area (Å²) in [5.41, 5.74) is 0. The van der Waals surface area contributed by atoms with Crippen molar-refractivity contribution in [3.8, 4) is 10.9 Å². The molecule has 0 N–H and O–H groups in total. The van der Waals surface area contributed by atoms with Gasteiger partial charge in [-0.2, -0.15) is 9.36 Å². The van der Waals surface area contributed by atoms with E-state index >= 15 is 0 Å². The molecule has 0 aliphatic heterocycles. The second-order valence-electron chi connectivity index (χ2n) is 3.40. The van der Waals surface area contributed by atoms with Crippen molar-refractivity contribution in [3.05, 3.63) is 35.7 Å². The zero-order chi connectivity index (χ0) is 13.0. The Balaban J connectivity index is 2.06. The lowest BCUT2D eigenvalue weighted by atomic mass is 10.3. The largest absolute Gasteiger partial charge is 0.427 e. The Bertz CT molecular complexity index is 534. The van der Waals surface area contributed by atoms with Crippen LogP contribution in [-0.4, -0.2) is 23.1 Å². The second-order valence-corrected chi connectivity index (χ2v) is 4.11. The van der Waals surface area contributed by atoms with Crippen molar-refractivity contribution in [3.63, 3.8) is 0 Å². The maximum Gasteiger partial charge on any atom is 0.298 e. The highest BCUT2D eigenvalue weighted by Crippen LogP contribution is 2.26. The molecule has 0 saturated heterocycles. The monoisotopic (exact) mass is 272 g/mol. The van der Waals surface area contributed by atoms with E-state index in [1.165, 1.54) is 6.07 Å². The number of rotatable bonds is 5. The van der Waals surface area contributed by atoms with Gasteiger partial charge in [0.25, 0.3) is 5.19 Å². The molecular formula is C11H10F2N2O2S. The third-order valence-electron chi connectivity index (χ3n) is 2.07. The Morgan fingerprint density at radius 1 is 1.33 bits per heavy atom. The van der Waals surface area contributed by atoms with Crippen LogP contribution in [0.15, 0.2) is 18.2 Å². The van der Waals surface area contributed by atoms with Crippen molar-refractivity contribution < 1.29 is 18.3 Å². The molecule has 1 aromatic carbocycles. The van der Waals surface area contributed by atoms with Crippen molar-refractivity contribution in [2.75, 3.05) is 13.7 Å². The van der Waals surface area contributed by atoms with Crippen molar-refractivity contribution in [2.24, 2.45) is 0 Å². The fourth-order valence-electron chi connectivity index (χ4n) is 1.23. The predicted molar refractivity (Wildman–Crippen MR) is 61.9 cm³/mol. The van der Waals surface area contributed by atoms with Crippen LogP contribution in [0.5, 0.6) is 10.9 Å². The van der Waals surface area contributed by atoms with Gasteiger partial charge in [-0.3, -0.25) is 0 Å². The van der Waals surface area contributed by atoms with Crippen LogP contribution in [0.4, 0.5) is 8.78 Å². The van der Waals surface area contributed by atoms with Crippen LogP contribution in [0.2, 0.25) is 0 Å². The van der Waals surface area contributed by atoms with Crippen LogP contribution >= 0.6 is 11.5 Å². The van der Waals surface area contributed by atoms with Gasteiger partial charge in [0.15, 0.2) is 11.6 Å². The molecule has 0 saturated carbocycles. The van der Waals surface area contributed by atoms with Crippen molar-refractivity contribution in [1.82, 2.24) is 9.36 Å². The Hall–Kier alpha value is -1.60. The topological polar surface area (TPSA) is 44.2 Å². The zero-order valence-corrected chi connectivity index (χ0v) is 10.3. The first-order valence-corrected chi connectivity index (χ1v) is 5.91. The van der Waals surface area contributed by atoms with Gasteiger partial charge in [0.2, 0.25) is 0 Å². The molecule has 0 fully saturated rings. The van der Waals surface area contributed by atoms with E-state index in [4.69, 9.17) is 9.47 Å². The molecule has 1 aromatic heterocycles. The molecule has 0 radical (unpaired) electrons. The number of hydrogen-bond acceptors (Lipinski definition) is 5. The number of halogens is 2. The number of aromatic nitrogens is 2. The highest BCUT2D eigenvalue weighted by molar-refractivity contribution is 7.07. The lowest BCUT2D eigenvalue weighted by molar-refractivity contribution is 0.200. The van der Waals surface area contributed by atoms with Crippen molar-refractivity contribution in [2.45, 2.75) is 6.42 Å². The van der Waals surface area contributed by atoms with E-state index in [2.05, 4.69) is 9.36 Å². The molecule has 1 heterocycles. The Morgan fingerprint density at radius 3 is 2.89 bits per heavy atom. The molecule has 0 unspecified atom stereocenters. The fraction of sp³-hybridized carbons (Fsp3) is 0.273. The third-order valence-corrected chi connectivity index (χ3v) is 2.70. The number of nitrogens with zero attached hydrogens (tertiary/aromatic N) is 2. The quantitative estimate of drug-likeness (QED) is 0.839. The summed E-state index contributed by atoms with van der Waals surface area (Å²) in [5, 5.41) is 0.214. The lowest BCUT2D eigenvalue weighted by Crippen LogP contribution is -1.96. The average molecular weight is 272 g/mol. The van der Waals surface area contributed by atoms with Crippen LogP contribution in [-0.2, 0) is 11.2 Å². The van der Waals surface area contributed by atoms with E-state index in [-0.39, 0.29) is 10.9 Å². The predicted octanol–water partition coefficient (Wildman–Crippen LogP) is 2.80. The van der Waals surface area contributed by atoms with Gasteiger partial charge in [-0.1, -0.05) is 0 Å². The van der Waals surface area contributed by atoms with E-state index in [1.54, 1.807) is 7.11 Å². The molecule has 0 aliphatic carbocycles. The Kier molecular flexibility index (Phi) is 4.16. The summed E-state index contributed by atoms with van der Waals surface area (Å²) in [5.74, 6) is -0.938. The summed E-state index contributed by atoms with van der Waals surface area (Å²) in [4.78, 5) is 4.05. The first kappa shape index (κ1) is 12.8. The van der Waals surface area contributed by atoms with Crippen molar-refractivity contribution >= 4 is 11.5 Å². The molecular weight excluding hydrogens is 262 g/mol. The summed E-state index contributed by atoms with van der Waals surface area (Å²) in [6.07, 6.45) is 0.558. The maximum absolute atomic E-state index is 13.3. The van der Waals surface area contributed by atoms with Crippen LogP contribution in [0, 0.1) is 11.6 Å². The molecule has 0 bridgehead atoms. The van der Waals surface area contributed by atoms with Gasteiger partial charge >= 0.3 is 0 Å². The molecule has 2 aromatic rings. The summed E-state index contributed by atoms with van der Waals surface area (Å²) >= 11 is 1.01.